The van der Waals surface area contributed by atoms with Gasteiger partial charge in [0.15, 0.2) is 0 Å². The average Bonchev–Trinajstić information content (AvgIpc) is 2.34. The van der Waals surface area contributed by atoms with E-state index in [-0.39, 0.29) is 12.3 Å². The third-order valence-corrected chi connectivity index (χ3v) is 2.20. The molecule has 2 amide bonds. The Balaban J connectivity index is 2.42. The number of hydrogen-bond acceptors (Lipinski definition) is 4. The smallest absolute Gasteiger partial charge is 0.426 e. The van der Waals surface area contributed by atoms with Crippen LogP contribution in [0.1, 0.15) is 26.3 Å². The van der Waals surface area contributed by atoms with Gasteiger partial charge in [0, 0.05) is 0 Å². The molecule has 110 valence electrons. The standard InChI is InChI=1S/C14H20N2O4/c1-14(2,3)20-13(18)16-15-12(17)9-10-6-5-7-11(8-10)19-4/h5-8H,9H2,1-4H3,(H,15,17)(H,16,18). The molecule has 6 heteroatoms. The van der Waals surface area contributed by atoms with Gasteiger partial charge in [0.05, 0.1) is 13.5 Å². The number of carbonyl (C=O) groups excluding carboxylic acids is 2. The maximum absolute atomic E-state index is 11.7. The summed E-state index contributed by atoms with van der Waals surface area (Å²) in [4.78, 5) is 23.0. The summed E-state index contributed by atoms with van der Waals surface area (Å²) in [5, 5.41) is 0. The molecular formula is C14H20N2O4. The Morgan fingerprint density at radius 3 is 2.50 bits per heavy atom. The summed E-state index contributed by atoms with van der Waals surface area (Å²) >= 11 is 0. The van der Waals surface area contributed by atoms with Gasteiger partial charge in [-0.3, -0.25) is 10.2 Å². The van der Waals surface area contributed by atoms with Crippen LogP contribution in [0, 0.1) is 0 Å². The largest absolute Gasteiger partial charge is 0.497 e. The molecule has 0 aromatic heterocycles. The first kappa shape index (κ1) is 15.8. The number of carbonyl (C=O) groups is 2. The number of benzene rings is 1. The molecule has 0 saturated carbocycles. The lowest BCUT2D eigenvalue weighted by Gasteiger charge is -2.19. The average molecular weight is 280 g/mol. The van der Waals surface area contributed by atoms with E-state index in [2.05, 4.69) is 10.9 Å². The molecule has 0 aliphatic rings. The van der Waals surface area contributed by atoms with Crippen molar-refractivity contribution in [2.75, 3.05) is 7.11 Å². The fraction of sp³-hybridized carbons (Fsp3) is 0.429. The van der Waals surface area contributed by atoms with Crippen molar-refractivity contribution in [2.45, 2.75) is 32.8 Å². The van der Waals surface area contributed by atoms with Gasteiger partial charge in [-0.05, 0) is 38.5 Å². The normalized spacial score (nSPS) is 10.6. The van der Waals surface area contributed by atoms with Crippen molar-refractivity contribution in [3.8, 4) is 5.75 Å². The van der Waals surface area contributed by atoms with E-state index in [1.165, 1.54) is 0 Å². The number of nitrogens with one attached hydrogen (secondary N) is 2. The molecule has 0 saturated heterocycles. The summed E-state index contributed by atoms with van der Waals surface area (Å²) < 4.78 is 10.1. The predicted molar refractivity (Wildman–Crippen MR) is 74.2 cm³/mol. The number of methoxy groups -OCH3 is 1. The third kappa shape index (κ3) is 6.08. The van der Waals surface area contributed by atoms with Gasteiger partial charge in [0.2, 0.25) is 5.91 Å². The van der Waals surface area contributed by atoms with Gasteiger partial charge in [0.1, 0.15) is 11.4 Å². The van der Waals surface area contributed by atoms with Gasteiger partial charge >= 0.3 is 6.09 Å². The number of rotatable bonds is 3. The summed E-state index contributed by atoms with van der Waals surface area (Å²) in [6.45, 7) is 5.22. The van der Waals surface area contributed by atoms with E-state index in [9.17, 15) is 9.59 Å². The van der Waals surface area contributed by atoms with E-state index < -0.39 is 11.7 Å². The summed E-state index contributed by atoms with van der Waals surface area (Å²) in [7, 11) is 1.56. The molecule has 0 aliphatic heterocycles. The van der Waals surface area contributed by atoms with Crippen molar-refractivity contribution in [1.29, 1.82) is 0 Å². The zero-order valence-electron chi connectivity index (χ0n) is 12.1. The molecule has 1 rings (SSSR count). The molecule has 0 aliphatic carbocycles. The molecular weight excluding hydrogens is 260 g/mol. The van der Waals surface area contributed by atoms with E-state index >= 15 is 0 Å². The van der Waals surface area contributed by atoms with Crippen LogP contribution in [0.15, 0.2) is 24.3 Å². The summed E-state index contributed by atoms with van der Waals surface area (Å²) in [6.07, 6.45) is -0.566. The van der Waals surface area contributed by atoms with E-state index in [0.717, 1.165) is 5.56 Å². The Bertz CT molecular complexity index is 480. The quantitative estimate of drug-likeness (QED) is 0.828. The van der Waals surface area contributed by atoms with Crippen molar-refractivity contribution in [2.24, 2.45) is 0 Å². The first-order valence-corrected chi connectivity index (χ1v) is 6.21. The molecule has 0 bridgehead atoms. The molecule has 0 radical (unpaired) electrons. The maximum Gasteiger partial charge on any atom is 0.426 e. The molecule has 1 aromatic carbocycles. The fourth-order valence-electron chi connectivity index (χ4n) is 1.44. The Kier molecular flexibility index (Phi) is 5.37. The monoisotopic (exact) mass is 280 g/mol. The van der Waals surface area contributed by atoms with E-state index in [1.807, 2.05) is 0 Å². The topological polar surface area (TPSA) is 76.7 Å². The maximum atomic E-state index is 11.7. The van der Waals surface area contributed by atoms with Crippen molar-refractivity contribution >= 4 is 12.0 Å². The number of amides is 2. The molecule has 0 fully saturated rings. The van der Waals surface area contributed by atoms with Crippen LogP contribution in [0.3, 0.4) is 0 Å². The van der Waals surface area contributed by atoms with Crippen LogP contribution < -0.4 is 15.6 Å². The zero-order valence-corrected chi connectivity index (χ0v) is 12.1. The Labute approximate surface area is 118 Å². The minimum Gasteiger partial charge on any atom is -0.497 e. The summed E-state index contributed by atoms with van der Waals surface area (Å²) in [5.74, 6) is 0.333. The second-order valence-corrected chi connectivity index (χ2v) is 5.20. The molecule has 0 atom stereocenters. The van der Waals surface area contributed by atoms with Gasteiger partial charge in [-0.25, -0.2) is 10.2 Å². The van der Waals surface area contributed by atoms with E-state index in [0.29, 0.717) is 5.75 Å². The van der Waals surface area contributed by atoms with Crippen LogP contribution in [-0.4, -0.2) is 24.7 Å². The second kappa shape index (κ2) is 6.79. The highest BCUT2D eigenvalue weighted by Crippen LogP contribution is 2.12. The highest BCUT2D eigenvalue weighted by molar-refractivity contribution is 5.81. The Hall–Kier alpha value is -2.24. The van der Waals surface area contributed by atoms with Gasteiger partial charge in [-0.1, -0.05) is 12.1 Å². The van der Waals surface area contributed by atoms with Gasteiger partial charge in [-0.2, -0.15) is 0 Å². The first-order valence-electron chi connectivity index (χ1n) is 6.21. The number of hydrogen-bond donors (Lipinski definition) is 2. The number of ether oxygens (including phenoxy) is 2. The fourth-order valence-corrected chi connectivity index (χ4v) is 1.44. The first-order chi connectivity index (χ1) is 9.30. The molecule has 2 N–H and O–H groups in total. The van der Waals surface area contributed by atoms with Crippen molar-refractivity contribution < 1.29 is 19.1 Å². The zero-order chi connectivity index (χ0) is 15.2. The van der Waals surface area contributed by atoms with Crippen LogP contribution in [0.2, 0.25) is 0 Å². The molecule has 0 unspecified atom stereocenters. The van der Waals surface area contributed by atoms with Crippen LogP contribution >= 0.6 is 0 Å². The van der Waals surface area contributed by atoms with E-state index in [4.69, 9.17) is 9.47 Å². The van der Waals surface area contributed by atoms with Crippen LogP contribution in [0.25, 0.3) is 0 Å². The van der Waals surface area contributed by atoms with Crippen molar-refractivity contribution in [3.05, 3.63) is 29.8 Å². The van der Waals surface area contributed by atoms with Crippen LogP contribution in [-0.2, 0) is 16.0 Å². The molecule has 1 aromatic rings. The highest BCUT2D eigenvalue weighted by atomic mass is 16.6. The van der Waals surface area contributed by atoms with Crippen molar-refractivity contribution in [1.82, 2.24) is 10.9 Å². The lowest BCUT2D eigenvalue weighted by Crippen LogP contribution is -2.44. The minimum absolute atomic E-state index is 0.132. The minimum atomic E-state index is -0.698. The third-order valence-electron chi connectivity index (χ3n) is 2.20. The van der Waals surface area contributed by atoms with Crippen LogP contribution in [0.5, 0.6) is 5.75 Å². The van der Waals surface area contributed by atoms with Crippen molar-refractivity contribution in [3.63, 3.8) is 0 Å². The highest BCUT2D eigenvalue weighted by Gasteiger charge is 2.16. The Morgan fingerprint density at radius 2 is 1.90 bits per heavy atom. The molecule has 0 heterocycles. The number of hydrazine groups is 1. The molecule has 6 nitrogen and oxygen atoms in total. The van der Waals surface area contributed by atoms with Gasteiger partial charge in [0.25, 0.3) is 0 Å². The molecule has 20 heavy (non-hydrogen) atoms. The van der Waals surface area contributed by atoms with Gasteiger partial charge in [-0.15, -0.1) is 0 Å². The summed E-state index contributed by atoms with van der Waals surface area (Å²) in [6, 6.07) is 7.14. The summed E-state index contributed by atoms with van der Waals surface area (Å²) in [5.41, 5.74) is 4.66. The van der Waals surface area contributed by atoms with E-state index in [1.54, 1.807) is 52.1 Å². The Morgan fingerprint density at radius 1 is 1.20 bits per heavy atom. The van der Waals surface area contributed by atoms with Crippen LogP contribution in [0.4, 0.5) is 4.79 Å². The predicted octanol–water partition coefficient (Wildman–Crippen LogP) is 1.79. The lowest BCUT2D eigenvalue weighted by atomic mass is 10.1. The SMILES string of the molecule is COc1cccc(CC(=O)NNC(=O)OC(C)(C)C)c1. The molecule has 0 spiro atoms. The second-order valence-electron chi connectivity index (χ2n) is 5.20. The lowest BCUT2D eigenvalue weighted by molar-refractivity contribution is -0.121. The van der Waals surface area contributed by atoms with Gasteiger partial charge < -0.3 is 9.47 Å².